The number of carbonyl (C=O) groups is 1. The summed E-state index contributed by atoms with van der Waals surface area (Å²) in [6, 6.07) is 1.91. The van der Waals surface area contributed by atoms with Crippen LogP contribution in [0.25, 0.3) is 0 Å². The minimum absolute atomic E-state index is 0.0594. The Labute approximate surface area is 145 Å². The summed E-state index contributed by atoms with van der Waals surface area (Å²) in [5, 5.41) is 20.0. The van der Waals surface area contributed by atoms with Crippen molar-refractivity contribution < 1.29 is 23.1 Å². The molecule has 0 bridgehead atoms. The lowest BCUT2D eigenvalue weighted by atomic mass is 9.93. The molecular weight excluding hydrogens is 358 g/mol. The molecule has 1 aromatic rings. The van der Waals surface area contributed by atoms with Gasteiger partial charge in [-0.3, -0.25) is 0 Å². The minimum atomic E-state index is -4.23. The van der Waals surface area contributed by atoms with E-state index in [-0.39, 0.29) is 22.9 Å². The molecule has 24 heavy (non-hydrogen) atoms. The van der Waals surface area contributed by atoms with Crippen LogP contribution in [0.3, 0.4) is 0 Å². The molecule has 1 saturated carbocycles. The average molecular weight is 378 g/mol. The molecule has 134 valence electrons. The Morgan fingerprint density at radius 1 is 1.42 bits per heavy atom. The van der Waals surface area contributed by atoms with E-state index in [1.807, 2.05) is 0 Å². The largest absolute Gasteiger partial charge is 0.504 e. The maximum atomic E-state index is 12.1. The monoisotopic (exact) mass is 377 g/mol. The number of carbonyl (C=O) groups excluding carboxylic acids is 1. The summed E-state index contributed by atoms with van der Waals surface area (Å²) >= 11 is 5.75. The molecule has 2 rings (SSSR count). The highest BCUT2D eigenvalue weighted by Gasteiger charge is 2.25. The highest BCUT2D eigenvalue weighted by atomic mass is 35.5. The van der Waals surface area contributed by atoms with Crippen molar-refractivity contribution in [2.45, 2.75) is 42.7 Å². The molecule has 2 unspecified atom stereocenters. The zero-order valence-corrected chi connectivity index (χ0v) is 14.7. The zero-order valence-electron chi connectivity index (χ0n) is 13.1. The predicted molar refractivity (Wildman–Crippen MR) is 89.7 cm³/mol. The first-order valence-corrected chi connectivity index (χ1v) is 9.29. The maximum Gasteiger partial charge on any atom is 0.319 e. The van der Waals surface area contributed by atoms with Gasteiger partial charge in [-0.15, -0.1) is 0 Å². The first-order chi connectivity index (χ1) is 11.2. The van der Waals surface area contributed by atoms with Gasteiger partial charge in [0.05, 0.1) is 16.8 Å². The molecule has 0 spiro atoms. The molecule has 2 amide bonds. The Hall–Kier alpha value is -1.55. The number of methoxy groups -OCH3 is 1. The quantitative estimate of drug-likeness (QED) is 0.594. The number of anilines is 1. The summed E-state index contributed by atoms with van der Waals surface area (Å²) in [6.07, 6.45) is 3.50. The fourth-order valence-electron chi connectivity index (χ4n) is 2.75. The van der Waals surface area contributed by atoms with Crippen molar-refractivity contribution in [2.75, 3.05) is 12.4 Å². The zero-order chi connectivity index (χ0) is 17.9. The topological polar surface area (TPSA) is 131 Å². The molecule has 1 fully saturated rings. The number of sulfonamides is 1. The van der Waals surface area contributed by atoms with E-state index >= 15 is 0 Å². The second-order valence-electron chi connectivity index (χ2n) is 5.64. The predicted octanol–water partition coefficient (Wildman–Crippen LogP) is 1.77. The number of amides is 2. The number of hydrogen-bond acceptors (Lipinski definition) is 5. The normalized spacial score (nSPS) is 21.3. The number of phenolic OH excluding ortho intramolecular Hbond substituents is 1. The fourth-order valence-corrected chi connectivity index (χ4v) is 3.95. The third-order valence-electron chi connectivity index (χ3n) is 3.91. The summed E-state index contributed by atoms with van der Waals surface area (Å²) in [6.45, 7) is 0. The number of ether oxygens (including phenoxy) is 1. The summed E-state index contributed by atoms with van der Waals surface area (Å²) in [5.41, 5.74) is -0.0972. The van der Waals surface area contributed by atoms with Crippen molar-refractivity contribution in [2.24, 2.45) is 5.14 Å². The van der Waals surface area contributed by atoms with E-state index in [4.69, 9.17) is 21.5 Å². The van der Waals surface area contributed by atoms with Gasteiger partial charge in [0, 0.05) is 13.2 Å². The van der Waals surface area contributed by atoms with Crippen LogP contribution in [0.15, 0.2) is 17.0 Å². The number of halogens is 1. The van der Waals surface area contributed by atoms with Gasteiger partial charge in [-0.25, -0.2) is 18.4 Å². The molecule has 0 heterocycles. The van der Waals surface area contributed by atoms with Crippen molar-refractivity contribution in [3.05, 3.63) is 17.2 Å². The number of benzene rings is 1. The Kier molecular flexibility index (Phi) is 5.92. The number of aromatic hydroxyl groups is 1. The second-order valence-corrected chi connectivity index (χ2v) is 7.54. The van der Waals surface area contributed by atoms with Gasteiger partial charge in [0.2, 0.25) is 10.0 Å². The third-order valence-corrected chi connectivity index (χ3v) is 5.32. The van der Waals surface area contributed by atoms with Crippen molar-refractivity contribution in [1.82, 2.24) is 5.32 Å². The van der Waals surface area contributed by atoms with Crippen LogP contribution >= 0.6 is 11.6 Å². The first-order valence-electron chi connectivity index (χ1n) is 7.37. The van der Waals surface area contributed by atoms with Crippen molar-refractivity contribution in [3.63, 3.8) is 0 Å². The standard InChI is InChI=1S/C14H20ClN3O5S/c1-23-9-4-2-3-8(7-9)17-14(20)18-11-6-5-10(15)13(12(11)19)24(16,21)22/h5-6,8-9,19H,2-4,7H2,1H3,(H2,16,21,22)(H2,17,18,20). The van der Waals surface area contributed by atoms with Crippen LogP contribution in [0, 0.1) is 0 Å². The molecule has 1 aliphatic carbocycles. The maximum absolute atomic E-state index is 12.1. The van der Waals surface area contributed by atoms with Crippen molar-refractivity contribution in [3.8, 4) is 5.75 Å². The van der Waals surface area contributed by atoms with Gasteiger partial charge < -0.3 is 20.5 Å². The van der Waals surface area contributed by atoms with E-state index in [1.54, 1.807) is 7.11 Å². The number of rotatable bonds is 4. The van der Waals surface area contributed by atoms with Crippen LogP contribution in [0.5, 0.6) is 5.75 Å². The van der Waals surface area contributed by atoms with Gasteiger partial charge >= 0.3 is 6.03 Å². The van der Waals surface area contributed by atoms with Crippen molar-refractivity contribution in [1.29, 1.82) is 0 Å². The number of primary sulfonamides is 1. The molecule has 0 saturated heterocycles. The van der Waals surface area contributed by atoms with E-state index in [1.165, 1.54) is 12.1 Å². The first kappa shape index (κ1) is 18.8. The van der Waals surface area contributed by atoms with Crippen LogP contribution in [0.2, 0.25) is 5.02 Å². The van der Waals surface area contributed by atoms with Gasteiger partial charge in [0.15, 0.2) is 5.75 Å². The fraction of sp³-hybridized carbons (Fsp3) is 0.500. The Morgan fingerprint density at radius 3 is 2.75 bits per heavy atom. The highest BCUT2D eigenvalue weighted by molar-refractivity contribution is 7.89. The van der Waals surface area contributed by atoms with Crippen LogP contribution < -0.4 is 15.8 Å². The smallest absolute Gasteiger partial charge is 0.319 e. The summed E-state index contributed by atoms with van der Waals surface area (Å²) in [7, 11) is -2.60. The van der Waals surface area contributed by atoms with E-state index in [2.05, 4.69) is 10.6 Å². The van der Waals surface area contributed by atoms with Crippen molar-refractivity contribution >= 4 is 33.3 Å². The van der Waals surface area contributed by atoms with Gasteiger partial charge in [-0.2, -0.15) is 0 Å². The third kappa shape index (κ3) is 4.50. The molecular formula is C14H20ClN3O5S. The SMILES string of the molecule is COC1CCCC(NC(=O)Nc2ccc(Cl)c(S(N)(=O)=O)c2O)C1. The molecule has 0 radical (unpaired) electrons. The molecule has 10 heteroatoms. The van der Waals surface area contributed by atoms with Gasteiger partial charge in [0.25, 0.3) is 0 Å². The van der Waals surface area contributed by atoms with Crippen LogP contribution in [0.1, 0.15) is 25.7 Å². The van der Waals surface area contributed by atoms with Gasteiger partial charge in [-0.05, 0) is 37.8 Å². The number of nitrogens with one attached hydrogen (secondary N) is 2. The number of urea groups is 1. The number of hydrogen-bond donors (Lipinski definition) is 4. The van der Waals surface area contributed by atoms with E-state index in [0.29, 0.717) is 6.42 Å². The molecule has 0 aromatic heterocycles. The van der Waals surface area contributed by atoms with E-state index in [9.17, 15) is 18.3 Å². The van der Waals surface area contributed by atoms with Crippen LogP contribution in [-0.4, -0.2) is 38.8 Å². The van der Waals surface area contributed by atoms with Crippen LogP contribution in [0.4, 0.5) is 10.5 Å². The second kappa shape index (κ2) is 7.56. The molecule has 1 aliphatic rings. The molecule has 2 atom stereocenters. The number of nitrogens with two attached hydrogens (primary N) is 1. The summed E-state index contributed by atoms with van der Waals surface area (Å²) in [5.74, 6) is -0.696. The average Bonchev–Trinajstić information content (AvgIpc) is 2.49. The summed E-state index contributed by atoms with van der Waals surface area (Å²) < 4.78 is 28.3. The lowest BCUT2D eigenvalue weighted by Gasteiger charge is -2.28. The number of phenols is 1. The molecule has 1 aromatic carbocycles. The minimum Gasteiger partial charge on any atom is -0.504 e. The molecule has 8 nitrogen and oxygen atoms in total. The molecule has 5 N–H and O–H groups in total. The van der Waals surface area contributed by atoms with E-state index < -0.39 is 26.7 Å². The Bertz CT molecular complexity index is 725. The Morgan fingerprint density at radius 2 is 2.12 bits per heavy atom. The lowest BCUT2D eigenvalue weighted by Crippen LogP contribution is -2.42. The van der Waals surface area contributed by atoms with E-state index in [0.717, 1.165) is 19.3 Å². The van der Waals surface area contributed by atoms with Crippen LogP contribution in [-0.2, 0) is 14.8 Å². The highest BCUT2D eigenvalue weighted by Crippen LogP contribution is 2.36. The summed E-state index contributed by atoms with van der Waals surface area (Å²) in [4.78, 5) is 11.5. The van der Waals surface area contributed by atoms with Gasteiger partial charge in [-0.1, -0.05) is 11.6 Å². The van der Waals surface area contributed by atoms with Gasteiger partial charge in [0.1, 0.15) is 4.90 Å². The lowest BCUT2D eigenvalue weighted by molar-refractivity contribution is 0.0607. The molecule has 0 aliphatic heterocycles. The Balaban J connectivity index is 2.10.